The van der Waals surface area contributed by atoms with Gasteiger partial charge in [0.2, 0.25) is 0 Å². The van der Waals surface area contributed by atoms with Gasteiger partial charge in [0.25, 0.3) is 5.91 Å². The largest absolute Gasteiger partial charge is 0.493 e. The molecule has 0 aliphatic carbocycles. The van der Waals surface area contributed by atoms with Gasteiger partial charge in [-0.3, -0.25) is 4.79 Å². The molecule has 1 heterocycles. The van der Waals surface area contributed by atoms with Crippen LogP contribution in [0.25, 0.3) is 0 Å². The van der Waals surface area contributed by atoms with Crippen molar-refractivity contribution < 1.29 is 19.1 Å². The summed E-state index contributed by atoms with van der Waals surface area (Å²) in [5, 5.41) is 6.03. The van der Waals surface area contributed by atoms with Crippen LogP contribution in [0.2, 0.25) is 0 Å². The minimum absolute atomic E-state index is 0.160. The molecule has 0 aromatic heterocycles. The molecule has 3 rings (SSSR count). The Bertz CT molecular complexity index is 938. The van der Waals surface area contributed by atoms with Gasteiger partial charge in [0, 0.05) is 24.2 Å². The number of hydrogen-bond acceptors (Lipinski definition) is 4. The first-order valence-corrected chi connectivity index (χ1v) is 10.4. The van der Waals surface area contributed by atoms with E-state index in [1.807, 2.05) is 51.1 Å². The molecule has 7 heteroatoms. The monoisotopic (exact) mass is 425 g/mol. The van der Waals surface area contributed by atoms with E-state index < -0.39 is 0 Å². The van der Waals surface area contributed by atoms with Crippen molar-refractivity contribution in [2.24, 2.45) is 0 Å². The van der Waals surface area contributed by atoms with Crippen molar-refractivity contribution in [3.63, 3.8) is 0 Å². The van der Waals surface area contributed by atoms with Crippen molar-refractivity contribution in [2.75, 3.05) is 27.3 Å². The van der Waals surface area contributed by atoms with E-state index in [0.717, 1.165) is 11.1 Å². The molecule has 2 aromatic rings. The number of methoxy groups -OCH3 is 2. The highest BCUT2D eigenvalue weighted by atomic mass is 16.5. The molecule has 1 aliphatic heterocycles. The van der Waals surface area contributed by atoms with Crippen LogP contribution >= 0.6 is 0 Å². The Balaban J connectivity index is 1.92. The number of carbonyl (C=O) groups is 2. The van der Waals surface area contributed by atoms with Gasteiger partial charge < -0.3 is 25.0 Å². The Hall–Kier alpha value is -3.22. The third-order valence-corrected chi connectivity index (χ3v) is 5.24. The fourth-order valence-corrected chi connectivity index (χ4v) is 3.76. The third-order valence-electron chi connectivity index (χ3n) is 5.24. The maximum absolute atomic E-state index is 13.1. The first-order valence-electron chi connectivity index (χ1n) is 10.4. The zero-order valence-electron chi connectivity index (χ0n) is 18.8. The topological polar surface area (TPSA) is 79.9 Å². The van der Waals surface area contributed by atoms with Crippen LogP contribution in [-0.2, 0) is 6.42 Å². The maximum Gasteiger partial charge on any atom is 0.318 e. The van der Waals surface area contributed by atoms with E-state index in [9.17, 15) is 9.59 Å². The lowest BCUT2D eigenvalue weighted by atomic mass is 9.91. The van der Waals surface area contributed by atoms with Crippen LogP contribution < -0.4 is 20.1 Å². The van der Waals surface area contributed by atoms with Crippen molar-refractivity contribution in [2.45, 2.75) is 38.8 Å². The fourth-order valence-electron chi connectivity index (χ4n) is 3.76. The van der Waals surface area contributed by atoms with Gasteiger partial charge in [-0.2, -0.15) is 0 Å². The molecule has 2 N–H and O–H groups in total. The Morgan fingerprint density at radius 1 is 1.06 bits per heavy atom. The maximum atomic E-state index is 13.1. The van der Waals surface area contributed by atoms with E-state index in [2.05, 4.69) is 10.6 Å². The SMILES string of the molecule is COc1cc2c(cc1OC)C(CNC(=O)c1ccccc1)N(C(=O)NC(C)(C)C)CC2. The van der Waals surface area contributed by atoms with Crippen molar-refractivity contribution in [3.8, 4) is 11.5 Å². The van der Waals surface area contributed by atoms with Crippen molar-refractivity contribution in [1.82, 2.24) is 15.5 Å². The second-order valence-corrected chi connectivity index (χ2v) is 8.62. The van der Waals surface area contributed by atoms with Gasteiger partial charge in [0.1, 0.15) is 0 Å². The molecule has 1 unspecified atom stereocenters. The van der Waals surface area contributed by atoms with Crippen LogP contribution in [0.1, 0.15) is 48.3 Å². The highest BCUT2D eigenvalue weighted by Gasteiger charge is 2.33. The molecule has 0 radical (unpaired) electrons. The predicted octanol–water partition coefficient (Wildman–Crippen LogP) is 3.54. The number of amides is 3. The van der Waals surface area contributed by atoms with Crippen LogP contribution in [0, 0.1) is 0 Å². The zero-order valence-corrected chi connectivity index (χ0v) is 18.8. The van der Waals surface area contributed by atoms with E-state index in [4.69, 9.17) is 9.47 Å². The summed E-state index contributed by atoms with van der Waals surface area (Å²) in [6, 6.07) is 12.4. The molecule has 0 spiro atoms. The zero-order chi connectivity index (χ0) is 22.6. The molecule has 1 aliphatic rings. The fraction of sp³-hybridized carbons (Fsp3) is 0.417. The average Bonchev–Trinajstić information content (AvgIpc) is 2.75. The van der Waals surface area contributed by atoms with Crippen LogP contribution in [0.4, 0.5) is 4.79 Å². The minimum atomic E-state index is -0.368. The highest BCUT2D eigenvalue weighted by molar-refractivity contribution is 5.94. The summed E-state index contributed by atoms with van der Waals surface area (Å²) in [5.74, 6) is 1.07. The number of urea groups is 1. The molecule has 31 heavy (non-hydrogen) atoms. The van der Waals surface area contributed by atoms with Gasteiger partial charge in [-0.05, 0) is 62.6 Å². The lowest BCUT2D eigenvalue weighted by Crippen LogP contribution is -2.53. The average molecular weight is 426 g/mol. The number of benzene rings is 2. The normalized spacial score (nSPS) is 15.6. The van der Waals surface area contributed by atoms with Gasteiger partial charge >= 0.3 is 6.03 Å². The second kappa shape index (κ2) is 9.29. The molecule has 1 atom stereocenters. The van der Waals surface area contributed by atoms with Gasteiger partial charge in [-0.25, -0.2) is 4.79 Å². The van der Waals surface area contributed by atoms with Crippen LogP contribution in [0.3, 0.4) is 0 Å². The lowest BCUT2D eigenvalue weighted by molar-refractivity contribution is 0.0932. The first kappa shape index (κ1) is 22.5. The van der Waals surface area contributed by atoms with Crippen LogP contribution in [0.5, 0.6) is 11.5 Å². The Labute approximate surface area is 183 Å². The van der Waals surface area contributed by atoms with Crippen molar-refractivity contribution in [3.05, 3.63) is 59.2 Å². The van der Waals surface area contributed by atoms with Gasteiger partial charge in [-0.15, -0.1) is 0 Å². The summed E-state index contributed by atoms with van der Waals surface area (Å²) in [5.41, 5.74) is 2.24. The number of ether oxygens (including phenoxy) is 2. The van der Waals surface area contributed by atoms with E-state index >= 15 is 0 Å². The number of carbonyl (C=O) groups excluding carboxylic acids is 2. The van der Waals surface area contributed by atoms with E-state index in [0.29, 0.717) is 30.0 Å². The molecular formula is C24H31N3O4. The van der Waals surface area contributed by atoms with Gasteiger partial charge in [-0.1, -0.05) is 18.2 Å². The molecule has 0 saturated carbocycles. The summed E-state index contributed by atoms with van der Waals surface area (Å²) in [6.45, 7) is 6.67. The molecule has 3 amide bonds. The lowest BCUT2D eigenvalue weighted by Gasteiger charge is -2.39. The molecular weight excluding hydrogens is 394 g/mol. The standard InChI is InChI=1S/C24H31N3O4/c1-24(2,3)26-23(29)27-12-11-17-13-20(30-4)21(31-5)14-18(17)19(27)15-25-22(28)16-9-7-6-8-10-16/h6-10,13-14,19H,11-12,15H2,1-5H3,(H,25,28)(H,26,29). The summed E-state index contributed by atoms with van der Waals surface area (Å²) in [7, 11) is 3.19. The Morgan fingerprint density at radius 3 is 2.32 bits per heavy atom. The summed E-state index contributed by atoms with van der Waals surface area (Å²) < 4.78 is 10.9. The number of rotatable bonds is 5. The number of fused-ring (bicyclic) bond motifs is 1. The summed E-state index contributed by atoms with van der Waals surface area (Å²) >= 11 is 0. The van der Waals surface area contributed by atoms with E-state index in [1.54, 1.807) is 31.3 Å². The molecule has 0 saturated heterocycles. The van der Waals surface area contributed by atoms with Crippen molar-refractivity contribution in [1.29, 1.82) is 0 Å². The molecule has 0 bridgehead atoms. The smallest absolute Gasteiger partial charge is 0.318 e. The highest BCUT2D eigenvalue weighted by Crippen LogP contribution is 2.38. The van der Waals surface area contributed by atoms with Gasteiger partial charge in [0.15, 0.2) is 11.5 Å². The van der Waals surface area contributed by atoms with Crippen LogP contribution in [0.15, 0.2) is 42.5 Å². The van der Waals surface area contributed by atoms with Crippen LogP contribution in [-0.4, -0.2) is 49.7 Å². The summed E-state index contributed by atoms with van der Waals surface area (Å²) in [4.78, 5) is 27.5. The van der Waals surface area contributed by atoms with E-state index in [-0.39, 0.29) is 30.1 Å². The van der Waals surface area contributed by atoms with Crippen molar-refractivity contribution >= 4 is 11.9 Å². The predicted molar refractivity (Wildman–Crippen MR) is 120 cm³/mol. The summed E-state index contributed by atoms with van der Waals surface area (Å²) in [6.07, 6.45) is 0.691. The second-order valence-electron chi connectivity index (χ2n) is 8.62. The number of hydrogen-bond donors (Lipinski definition) is 2. The van der Waals surface area contributed by atoms with Gasteiger partial charge in [0.05, 0.1) is 20.3 Å². The molecule has 0 fully saturated rings. The Morgan fingerprint density at radius 2 is 1.71 bits per heavy atom. The molecule has 2 aromatic carbocycles. The van der Waals surface area contributed by atoms with E-state index in [1.165, 1.54) is 0 Å². The Kier molecular flexibility index (Phi) is 6.73. The molecule has 166 valence electrons. The molecule has 7 nitrogen and oxygen atoms in total. The third kappa shape index (κ3) is 5.29. The number of nitrogens with zero attached hydrogens (tertiary/aromatic N) is 1. The number of nitrogens with one attached hydrogen (secondary N) is 2. The minimum Gasteiger partial charge on any atom is -0.493 e. The quantitative estimate of drug-likeness (QED) is 0.768. The first-order chi connectivity index (χ1) is 14.7.